The van der Waals surface area contributed by atoms with Gasteiger partial charge in [0.15, 0.2) is 0 Å². The highest BCUT2D eigenvalue weighted by Crippen LogP contribution is 2.41. The minimum absolute atomic E-state index is 0.229. The number of carbonyl (C=O) groups is 2. The van der Waals surface area contributed by atoms with Gasteiger partial charge in [0.05, 0.1) is 5.41 Å². The lowest BCUT2D eigenvalue weighted by atomic mass is 9.69. The van der Waals surface area contributed by atoms with Crippen LogP contribution in [0, 0.1) is 5.41 Å². The fourth-order valence-corrected chi connectivity index (χ4v) is 2.26. The highest BCUT2D eigenvalue weighted by atomic mass is 16.4. The lowest BCUT2D eigenvalue weighted by Gasteiger charge is -2.37. The summed E-state index contributed by atoms with van der Waals surface area (Å²) in [5, 5.41) is 15.0. The number of carboxylic acids is 1. The Hall–Kier alpha value is -2.11. The van der Waals surface area contributed by atoms with Crippen molar-refractivity contribution in [2.24, 2.45) is 5.41 Å². The van der Waals surface area contributed by atoms with Gasteiger partial charge in [0, 0.05) is 25.0 Å². The van der Waals surface area contributed by atoms with Gasteiger partial charge in [-0.25, -0.2) is 0 Å². The van der Waals surface area contributed by atoms with Gasteiger partial charge in [-0.2, -0.15) is 0 Å². The number of rotatable bonds is 6. The van der Waals surface area contributed by atoms with Crippen molar-refractivity contribution in [3.05, 3.63) is 24.0 Å². The van der Waals surface area contributed by atoms with Gasteiger partial charge in [-0.15, -0.1) is 0 Å². The number of aromatic nitrogens is 1. The molecule has 1 aliphatic carbocycles. The molecule has 3 N–H and O–H groups in total. The second kappa shape index (κ2) is 5.90. The van der Waals surface area contributed by atoms with Crippen LogP contribution in [0.2, 0.25) is 0 Å². The van der Waals surface area contributed by atoms with Crippen LogP contribution in [0.25, 0.3) is 0 Å². The molecule has 1 aromatic heterocycles. The van der Waals surface area contributed by atoms with Gasteiger partial charge in [0.25, 0.3) is 5.91 Å². The van der Waals surface area contributed by atoms with Crippen molar-refractivity contribution >= 4 is 17.6 Å². The Labute approximate surface area is 117 Å². The normalized spacial score (nSPS) is 16.1. The van der Waals surface area contributed by atoms with Crippen molar-refractivity contribution < 1.29 is 14.7 Å². The number of aliphatic carboxylic acids is 1. The Bertz CT molecular complexity index is 512. The Balaban J connectivity index is 2.01. The summed E-state index contributed by atoms with van der Waals surface area (Å²) >= 11 is 0. The van der Waals surface area contributed by atoms with Crippen molar-refractivity contribution in [2.45, 2.75) is 26.2 Å². The van der Waals surface area contributed by atoms with E-state index in [0.717, 1.165) is 6.42 Å². The lowest BCUT2D eigenvalue weighted by Crippen LogP contribution is -2.43. The molecule has 2 rings (SSSR count). The third-order valence-electron chi connectivity index (χ3n) is 3.73. The van der Waals surface area contributed by atoms with E-state index >= 15 is 0 Å². The average Bonchev–Trinajstić information content (AvgIpc) is 2.37. The molecule has 0 atom stereocenters. The first-order valence-corrected chi connectivity index (χ1v) is 6.79. The maximum atomic E-state index is 11.7. The van der Waals surface area contributed by atoms with E-state index in [1.54, 1.807) is 18.3 Å². The highest BCUT2D eigenvalue weighted by molar-refractivity contribution is 5.93. The SMILES string of the molecule is CCNC(=O)c1cc(NCC2(C(=O)O)CCC2)ccn1. The van der Waals surface area contributed by atoms with Crippen molar-refractivity contribution in [1.29, 1.82) is 0 Å². The molecular formula is C14H19N3O3. The fourth-order valence-electron chi connectivity index (χ4n) is 2.26. The zero-order chi connectivity index (χ0) is 14.6. The van der Waals surface area contributed by atoms with Crippen LogP contribution in [0.3, 0.4) is 0 Å². The minimum atomic E-state index is -0.755. The maximum Gasteiger partial charge on any atom is 0.311 e. The molecule has 6 heteroatoms. The molecule has 0 saturated heterocycles. The molecule has 6 nitrogen and oxygen atoms in total. The Morgan fingerprint density at radius 2 is 2.20 bits per heavy atom. The molecule has 20 heavy (non-hydrogen) atoms. The van der Waals surface area contributed by atoms with Crippen LogP contribution in [0.4, 0.5) is 5.69 Å². The van der Waals surface area contributed by atoms with E-state index in [1.807, 2.05) is 6.92 Å². The predicted molar refractivity (Wildman–Crippen MR) is 74.7 cm³/mol. The first kappa shape index (κ1) is 14.3. The molecule has 108 valence electrons. The van der Waals surface area contributed by atoms with Crippen LogP contribution >= 0.6 is 0 Å². The number of nitrogens with one attached hydrogen (secondary N) is 2. The molecule has 1 heterocycles. The Morgan fingerprint density at radius 3 is 2.75 bits per heavy atom. The number of carbonyl (C=O) groups excluding carboxylic acids is 1. The zero-order valence-corrected chi connectivity index (χ0v) is 11.5. The summed E-state index contributed by atoms with van der Waals surface area (Å²) in [6.45, 7) is 2.76. The van der Waals surface area contributed by atoms with Crippen LogP contribution < -0.4 is 10.6 Å². The van der Waals surface area contributed by atoms with Gasteiger partial charge in [0.1, 0.15) is 5.69 Å². The number of hydrogen-bond acceptors (Lipinski definition) is 4. The molecule has 0 bridgehead atoms. The summed E-state index contributed by atoms with van der Waals surface area (Å²) in [5.41, 5.74) is 0.387. The van der Waals surface area contributed by atoms with Crippen LogP contribution in [0.1, 0.15) is 36.7 Å². The monoisotopic (exact) mass is 277 g/mol. The number of nitrogens with zero attached hydrogens (tertiary/aromatic N) is 1. The van der Waals surface area contributed by atoms with Crippen LogP contribution in [-0.2, 0) is 4.79 Å². The molecule has 1 aliphatic rings. The summed E-state index contributed by atoms with van der Waals surface area (Å²) in [4.78, 5) is 27.0. The molecule has 0 radical (unpaired) electrons. The Kier molecular flexibility index (Phi) is 4.22. The van der Waals surface area contributed by atoms with Crippen molar-refractivity contribution in [3.8, 4) is 0 Å². The first-order valence-electron chi connectivity index (χ1n) is 6.79. The largest absolute Gasteiger partial charge is 0.481 e. The van der Waals surface area contributed by atoms with Crippen molar-refractivity contribution in [2.75, 3.05) is 18.4 Å². The van der Waals surface area contributed by atoms with Gasteiger partial charge in [-0.1, -0.05) is 6.42 Å². The van der Waals surface area contributed by atoms with Crippen LogP contribution in [-0.4, -0.2) is 35.1 Å². The lowest BCUT2D eigenvalue weighted by molar-refractivity contribution is -0.153. The second-order valence-corrected chi connectivity index (χ2v) is 5.08. The number of carboxylic acid groups (broad SMARTS) is 1. The topological polar surface area (TPSA) is 91.3 Å². The first-order chi connectivity index (χ1) is 9.57. The van der Waals surface area contributed by atoms with Crippen LogP contribution in [0.5, 0.6) is 0 Å². The third-order valence-corrected chi connectivity index (χ3v) is 3.73. The standard InChI is InChI=1S/C14H19N3O3/c1-2-15-12(18)11-8-10(4-7-16-11)17-9-14(13(19)20)5-3-6-14/h4,7-8H,2-3,5-6,9H2,1H3,(H,15,18)(H,16,17)(H,19,20). The van der Waals surface area contributed by atoms with E-state index in [-0.39, 0.29) is 5.91 Å². The van der Waals surface area contributed by atoms with E-state index in [1.165, 1.54) is 0 Å². The zero-order valence-electron chi connectivity index (χ0n) is 11.5. The van der Waals surface area contributed by atoms with E-state index in [4.69, 9.17) is 0 Å². The van der Waals surface area contributed by atoms with Gasteiger partial charge in [-0.05, 0) is 31.9 Å². The molecular weight excluding hydrogens is 258 g/mol. The van der Waals surface area contributed by atoms with Crippen molar-refractivity contribution in [1.82, 2.24) is 10.3 Å². The third kappa shape index (κ3) is 2.89. The summed E-state index contributed by atoms with van der Waals surface area (Å²) in [5.74, 6) is -0.984. The fraction of sp³-hybridized carbons (Fsp3) is 0.500. The van der Waals surface area contributed by atoms with Gasteiger partial charge < -0.3 is 15.7 Å². The van der Waals surface area contributed by atoms with E-state index in [2.05, 4.69) is 15.6 Å². The predicted octanol–water partition coefficient (Wildman–Crippen LogP) is 1.50. The summed E-state index contributed by atoms with van der Waals surface area (Å²) in [6, 6.07) is 3.37. The number of hydrogen-bond donors (Lipinski definition) is 3. The molecule has 0 aliphatic heterocycles. The summed E-state index contributed by atoms with van der Waals surface area (Å²) in [7, 11) is 0. The number of pyridine rings is 1. The van der Waals surface area contributed by atoms with Crippen LogP contribution in [0.15, 0.2) is 18.3 Å². The quantitative estimate of drug-likeness (QED) is 0.733. The van der Waals surface area contributed by atoms with Gasteiger partial charge in [0.2, 0.25) is 0 Å². The summed E-state index contributed by atoms with van der Waals surface area (Å²) < 4.78 is 0. The van der Waals surface area contributed by atoms with Gasteiger partial charge >= 0.3 is 5.97 Å². The molecule has 1 amide bonds. The molecule has 0 unspecified atom stereocenters. The minimum Gasteiger partial charge on any atom is -0.481 e. The number of anilines is 1. The second-order valence-electron chi connectivity index (χ2n) is 5.08. The van der Waals surface area contributed by atoms with E-state index in [9.17, 15) is 14.7 Å². The maximum absolute atomic E-state index is 11.7. The smallest absolute Gasteiger partial charge is 0.311 e. The Morgan fingerprint density at radius 1 is 1.45 bits per heavy atom. The van der Waals surface area contributed by atoms with Crippen molar-refractivity contribution in [3.63, 3.8) is 0 Å². The molecule has 0 spiro atoms. The van der Waals surface area contributed by atoms with Gasteiger partial charge in [-0.3, -0.25) is 14.6 Å². The van der Waals surface area contributed by atoms with E-state index < -0.39 is 11.4 Å². The van der Waals surface area contributed by atoms with E-state index in [0.29, 0.717) is 37.3 Å². The molecule has 1 fully saturated rings. The number of amides is 1. The molecule has 1 aromatic rings. The summed E-state index contributed by atoms with van der Waals surface area (Å²) in [6.07, 6.45) is 3.89. The average molecular weight is 277 g/mol. The highest BCUT2D eigenvalue weighted by Gasteiger charge is 2.44. The molecule has 0 aromatic carbocycles. The molecule has 1 saturated carbocycles.